The van der Waals surface area contributed by atoms with Crippen molar-refractivity contribution in [1.29, 1.82) is 0 Å². The van der Waals surface area contributed by atoms with Gasteiger partial charge in [0.1, 0.15) is 0 Å². The summed E-state index contributed by atoms with van der Waals surface area (Å²) >= 11 is 3.31. The quantitative estimate of drug-likeness (QED) is 0.772. The second kappa shape index (κ2) is 6.64. The Bertz CT molecular complexity index is 613. The number of nitrogen functional groups attached to an aromatic ring is 1. The Balaban J connectivity index is 2.09. The van der Waals surface area contributed by atoms with Crippen LogP contribution in [0.2, 0.25) is 0 Å². The minimum atomic E-state index is -3.53. The van der Waals surface area contributed by atoms with Gasteiger partial charge in [0.25, 0.3) is 0 Å². The third-order valence-corrected chi connectivity index (χ3v) is 6.17. The van der Waals surface area contributed by atoms with Crippen LogP contribution in [-0.4, -0.2) is 39.0 Å². The molecule has 1 aromatic carbocycles. The van der Waals surface area contributed by atoms with Gasteiger partial charge in [0.15, 0.2) is 0 Å². The highest BCUT2D eigenvalue weighted by Crippen LogP contribution is 2.26. The van der Waals surface area contributed by atoms with Crippen molar-refractivity contribution in [2.24, 2.45) is 0 Å². The number of nitrogens with one attached hydrogen (secondary N) is 1. The summed E-state index contributed by atoms with van der Waals surface area (Å²) in [6.45, 7) is 6.33. The molecule has 3 N–H and O–H groups in total. The Kier molecular flexibility index (Phi) is 5.29. The van der Waals surface area contributed by atoms with Crippen LogP contribution in [0.15, 0.2) is 21.5 Å². The molecule has 1 aromatic rings. The van der Waals surface area contributed by atoms with Crippen molar-refractivity contribution in [3.63, 3.8) is 0 Å². The lowest BCUT2D eigenvalue weighted by Crippen LogP contribution is -2.40. The van der Waals surface area contributed by atoms with Gasteiger partial charge >= 0.3 is 0 Å². The normalized spacial score (nSPS) is 18.0. The fourth-order valence-electron chi connectivity index (χ4n) is 2.58. The fraction of sp³-hybridized carbons (Fsp3) is 0.571. The first-order chi connectivity index (χ1) is 9.81. The molecule has 1 aliphatic rings. The topological polar surface area (TPSA) is 75.4 Å². The number of anilines is 1. The molecule has 0 amide bonds. The van der Waals surface area contributed by atoms with Gasteiger partial charge in [-0.3, -0.25) is 4.90 Å². The van der Waals surface area contributed by atoms with E-state index in [-0.39, 0.29) is 10.9 Å². The zero-order valence-corrected chi connectivity index (χ0v) is 14.8. The average molecular weight is 376 g/mol. The van der Waals surface area contributed by atoms with Gasteiger partial charge in [-0.25, -0.2) is 13.1 Å². The van der Waals surface area contributed by atoms with E-state index >= 15 is 0 Å². The van der Waals surface area contributed by atoms with Crippen molar-refractivity contribution in [3.8, 4) is 0 Å². The molecule has 0 bridgehead atoms. The first kappa shape index (κ1) is 16.7. The predicted octanol–water partition coefficient (Wildman–Crippen LogP) is 2.10. The van der Waals surface area contributed by atoms with Crippen LogP contribution >= 0.6 is 15.9 Å². The highest BCUT2D eigenvalue weighted by Gasteiger charge is 2.22. The summed E-state index contributed by atoms with van der Waals surface area (Å²) in [7, 11) is -3.53. The van der Waals surface area contributed by atoms with Crippen molar-refractivity contribution >= 4 is 31.6 Å². The Morgan fingerprint density at radius 1 is 1.38 bits per heavy atom. The standard InChI is InChI=1S/C14H22BrN3O2S/c1-10-7-12(15)13(16)8-14(10)21(19,20)17-9-11(2)18-5-3-4-6-18/h7-8,11,17H,3-6,9,16H2,1-2H3. The highest BCUT2D eigenvalue weighted by molar-refractivity contribution is 9.10. The van der Waals surface area contributed by atoms with Gasteiger partial charge in [-0.15, -0.1) is 0 Å². The minimum Gasteiger partial charge on any atom is -0.398 e. The smallest absolute Gasteiger partial charge is 0.240 e. The molecule has 0 spiro atoms. The molecule has 0 aliphatic carbocycles. The molecule has 7 heteroatoms. The Morgan fingerprint density at radius 3 is 2.62 bits per heavy atom. The monoisotopic (exact) mass is 375 g/mol. The van der Waals surface area contributed by atoms with E-state index in [9.17, 15) is 8.42 Å². The largest absolute Gasteiger partial charge is 0.398 e. The Hall–Kier alpha value is -0.630. The van der Waals surface area contributed by atoms with Crippen molar-refractivity contribution in [1.82, 2.24) is 9.62 Å². The molecule has 1 saturated heterocycles. The van der Waals surface area contributed by atoms with Crippen LogP contribution < -0.4 is 10.5 Å². The molecular weight excluding hydrogens is 354 g/mol. The maximum atomic E-state index is 12.4. The number of sulfonamides is 1. The number of benzene rings is 1. The van der Waals surface area contributed by atoms with Gasteiger partial charge in [-0.2, -0.15) is 0 Å². The molecule has 21 heavy (non-hydrogen) atoms. The molecule has 0 aromatic heterocycles. The Labute approximate surface area is 135 Å². The molecular formula is C14H22BrN3O2S. The number of likely N-dealkylation sites (tertiary alicyclic amines) is 1. The molecule has 1 unspecified atom stereocenters. The Morgan fingerprint density at radius 2 is 2.00 bits per heavy atom. The molecule has 1 atom stereocenters. The number of nitrogens with two attached hydrogens (primary N) is 1. The van der Waals surface area contributed by atoms with E-state index < -0.39 is 10.0 Å². The SMILES string of the molecule is Cc1cc(Br)c(N)cc1S(=O)(=O)NCC(C)N1CCCC1. The fourth-order valence-corrected chi connectivity index (χ4v) is 4.42. The highest BCUT2D eigenvalue weighted by atomic mass is 79.9. The van der Waals surface area contributed by atoms with Crippen LogP contribution in [-0.2, 0) is 10.0 Å². The summed E-state index contributed by atoms with van der Waals surface area (Å²) in [6, 6.07) is 3.44. The van der Waals surface area contributed by atoms with Crippen molar-refractivity contribution in [2.45, 2.75) is 37.6 Å². The lowest BCUT2D eigenvalue weighted by molar-refractivity contribution is 0.260. The van der Waals surface area contributed by atoms with E-state index in [0.29, 0.717) is 22.3 Å². The molecule has 2 rings (SSSR count). The van der Waals surface area contributed by atoms with Crippen LogP contribution in [0, 0.1) is 6.92 Å². The van der Waals surface area contributed by atoms with E-state index in [0.717, 1.165) is 13.1 Å². The maximum Gasteiger partial charge on any atom is 0.240 e. The third kappa shape index (κ3) is 3.97. The summed E-state index contributed by atoms with van der Waals surface area (Å²) in [5.74, 6) is 0. The van der Waals surface area contributed by atoms with Gasteiger partial charge in [-0.05, 0) is 73.4 Å². The molecule has 1 fully saturated rings. The van der Waals surface area contributed by atoms with Crippen LogP contribution in [0.1, 0.15) is 25.3 Å². The second-order valence-corrected chi connectivity index (χ2v) is 8.17. The molecule has 1 aliphatic heterocycles. The number of nitrogens with zero attached hydrogens (tertiary/aromatic N) is 1. The van der Waals surface area contributed by atoms with Crippen molar-refractivity contribution in [2.75, 3.05) is 25.4 Å². The summed E-state index contributed by atoms with van der Waals surface area (Å²) in [5, 5.41) is 0. The second-order valence-electron chi connectivity index (χ2n) is 5.58. The van der Waals surface area contributed by atoms with Crippen molar-refractivity contribution < 1.29 is 8.42 Å². The lowest BCUT2D eigenvalue weighted by atomic mass is 10.2. The van der Waals surface area contributed by atoms with E-state index in [4.69, 9.17) is 5.73 Å². The zero-order chi connectivity index (χ0) is 15.6. The summed E-state index contributed by atoms with van der Waals surface area (Å²) < 4.78 is 28.3. The van der Waals surface area contributed by atoms with Gasteiger partial charge in [0.2, 0.25) is 10.0 Å². The summed E-state index contributed by atoms with van der Waals surface area (Å²) in [5.41, 5.74) is 6.90. The zero-order valence-electron chi connectivity index (χ0n) is 12.4. The molecule has 0 radical (unpaired) electrons. The molecule has 0 saturated carbocycles. The summed E-state index contributed by atoms with van der Waals surface area (Å²) in [4.78, 5) is 2.56. The van der Waals surface area contributed by atoms with Gasteiger partial charge < -0.3 is 5.73 Å². The molecule has 118 valence electrons. The number of rotatable bonds is 5. The van der Waals surface area contributed by atoms with E-state index in [2.05, 4.69) is 32.5 Å². The first-order valence-corrected chi connectivity index (χ1v) is 9.38. The van der Waals surface area contributed by atoms with E-state index in [1.165, 1.54) is 18.9 Å². The predicted molar refractivity (Wildman–Crippen MR) is 88.7 cm³/mol. The van der Waals surface area contributed by atoms with Crippen LogP contribution in [0.25, 0.3) is 0 Å². The van der Waals surface area contributed by atoms with E-state index in [1.807, 2.05) is 0 Å². The number of hydrogen-bond acceptors (Lipinski definition) is 4. The first-order valence-electron chi connectivity index (χ1n) is 7.10. The minimum absolute atomic E-state index is 0.204. The number of aryl methyl sites for hydroxylation is 1. The molecule has 1 heterocycles. The average Bonchev–Trinajstić information content (AvgIpc) is 2.94. The van der Waals surface area contributed by atoms with Crippen LogP contribution in [0.5, 0.6) is 0 Å². The molecule has 5 nitrogen and oxygen atoms in total. The number of halogens is 1. The van der Waals surface area contributed by atoms with Gasteiger partial charge in [0, 0.05) is 22.7 Å². The van der Waals surface area contributed by atoms with Crippen molar-refractivity contribution in [3.05, 3.63) is 22.2 Å². The third-order valence-electron chi connectivity index (χ3n) is 3.92. The number of hydrogen-bond donors (Lipinski definition) is 2. The van der Waals surface area contributed by atoms with E-state index in [1.54, 1.807) is 13.0 Å². The lowest BCUT2D eigenvalue weighted by Gasteiger charge is -2.24. The van der Waals surface area contributed by atoms with Crippen LogP contribution in [0.4, 0.5) is 5.69 Å². The maximum absolute atomic E-state index is 12.4. The van der Waals surface area contributed by atoms with Gasteiger partial charge in [0.05, 0.1) is 4.90 Å². The van der Waals surface area contributed by atoms with Gasteiger partial charge in [-0.1, -0.05) is 0 Å². The van der Waals surface area contributed by atoms with Crippen LogP contribution in [0.3, 0.4) is 0 Å². The summed E-state index contributed by atoms with van der Waals surface area (Å²) in [6.07, 6.45) is 2.39.